The van der Waals surface area contributed by atoms with Gasteiger partial charge in [0.25, 0.3) is 5.91 Å². The van der Waals surface area contributed by atoms with Gasteiger partial charge in [-0.2, -0.15) is 0 Å². The molecule has 4 rings (SSSR count). The molecule has 32 heavy (non-hydrogen) atoms. The average Bonchev–Trinajstić information content (AvgIpc) is 2.84. The number of benzene rings is 3. The van der Waals surface area contributed by atoms with Crippen LogP contribution < -0.4 is 10.1 Å². The van der Waals surface area contributed by atoms with E-state index in [9.17, 15) is 9.90 Å². The first kappa shape index (κ1) is 21.4. The largest absolute Gasteiger partial charge is 0.505 e. The Balaban J connectivity index is 1.74. The summed E-state index contributed by atoms with van der Waals surface area (Å²) in [5, 5.41) is 15.0. The summed E-state index contributed by atoms with van der Waals surface area (Å²) in [5.41, 5.74) is 2.26. The van der Waals surface area contributed by atoms with Crippen molar-refractivity contribution in [2.24, 2.45) is 0 Å². The average molecular weight is 445 g/mol. The van der Waals surface area contributed by atoms with E-state index in [1.165, 1.54) is 0 Å². The number of phenols is 1. The molecular formula is C26H21ClN2O3. The van der Waals surface area contributed by atoms with Gasteiger partial charge in [-0.15, -0.1) is 0 Å². The van der Waals surface area contributed by atoms with Gasteiger partial charge in [0.1, 0.15) is 17.0 Å². The van der Waals surface area contributed by atoms with Crippen molar-refractivity contribution in [3.05, 3.63) is 107 Å². The highest BCUT2D eigenvalue weighted by Gasteiger charge is 2.20. The first-order chi connectivity index (χ1) is 15.6. The van der Waals surface area contributed by atoms with E-state index in [4.69, 9.17) is 16.3 Å². The van der Waals surface area contributed by atoms with E-state index in [1.54, 1.807) is 55.8 Å². The first-order valence-corrected chi connectivity index (χ1v) is 10.4. The van der Waals surface area contributed by atoms with Gasteiger partial charge < -0.3 is 15.2 Å². The lowest BCUT2D eigenvalue weighted by atomic mass is 10.0. The molecule has 0 radical (unpaired) electrons. The van der Waals surface area contributed by atoms with Crippen LogP contribution in [0.5, 0.6) is 11.5 Å². The number of nitrogens with zero attached hydrogens (tertiary/aromatic N) is 1. The van der Waals surface area contributed by atoms with Gasteiger partial charge in [0.2, 0.25) is 0 Å². The molecule has 1 aromatic heterocycles. The van der Waals surface area contributed by atoms with E-state index in [-0.39, 0.29) is 11.7 Å². The topological polar surface area (TPSA) is 71.5 Å². The van der Waals surface area contributed by atoms with Crippen molar-refractivity contribution >= 4 is 34.5 Å². The summed E-state index contributed by atoms with van der Waals surface area (Å²) < 4.78 is 5.16. The van der Waals surface area contributed by atoms with E-state index in [0.717, 1.165) is 5.56 Å². The summed E-state index contributed by atoms with van der Waals surface area (Å²) in [7, 11) is 1.57. The zero-order chi connectivity index (χ0) is 22.5. The highest BCUT2D eigenvalue weighted by molar-refractivity contribution is 6.35. The van der Waals surface area contributed by atoms with Crippen LogP contribution in [0.25, 0.3) is 17.0 Å². The number of methoxy groups -OCH3 is 1. The standard InChI is InChI=1S/C26H21ClN2O3/c1-32-19-12-10-18(11-13-19)26(31)29-23(14-9-17-6-3-2-4-7-17)21-16-22(27)20-8-5-15-28-24(20)25(21)30/h2-16,23,30H,1H3,(H,29,31)/b14-9+/t23-/m1/s1. The second-order valence-corrected chi connectivity index (χ2v) is 7.55. The molecule has 2 N–H and O–H groups in total. The summed E-state index contributed by atoms with van der Waals surface area (Å²) in [6.45, 7) is 0. The number of carbonyl (C=O) groups excluding carboxylic acids is 1. The van der Waals surface area contributed by atoms with Crippen molar-refractivity contribution in [1.29, 1.82) is 0 Å². The molecule has 5 nitrogen and oxygen atoms in total. The summed E-state index contributed by atoms with van der Waals surface area (Å²) in [4.78, 5) is 17.3. The molecule has 1 atom stereocenters. The zero-order valence-corrected chi connectivity index (χ0v) is 18.1. The minimum atomic E-state index is -0.645. The SMILES string of the molecule is COc1ccc(C(=O)N[C@H](/C=C/c2ccccc2)c2cc(Cl)c3cccnc3c2O)cc1. The first-order valence-electron chi connectivity index (χ1n) is 10.0. The molecule has 4 aromatic rings. The van der Waals surface area contributed by atoms with Gasteiger partial charge in [0.15, 0.2) is 0 Å². The van der Waals surface area contributed by atoms with Crippen LogP contribution in [-0.4, -0.2) is 23.1 Å². The van der Waals surface area contributed by atoms with Crippen molar-refractivity contribution in [2.75, 3.05) is 7.11 Å². The predicted molar refractivity (Wildman–Crippen MR) is 127 cm³/mol. The van der Waals surface area contributed by atoms with E-state index in [1.807, 2.05) is 42.5 Å². The summed E-state index contributed by atoms with van der Waals surface area (Å²) in [6, 6.07) is 21.1. The Morgan fingerprint density at radius 2 is 1.84 bits per heavy atom. The maximum absolute atomic E-state index is 13.0. The maximum Gasteiger partial charge on any atom is 0.252 e. The van der Waals surface area contributed by atoms with E-state index < -0.39 is 6.04 Å². The Morgan fingerprint density at radius 3 is 2.56 bits per heavy atom. The fourth-order valence-corrected chi connectivity index (χ4v) is 3.68. The van der Waals surface area contributed by atoms with Crippen molar-refractivity contribution < 1.29 is 14.6 Å². The number of pyridine rings is 1. The second-order valence-electron chi connectivity index (χ2n) is 7.15. The molecule has 160 valence electrons. The van der Waals surface area contributed by atoms with Crippen molar-refractivity contribution in [3.8, 4) is 11.5 Å². The molecule has 0 aliphatic carbocycles. The molecule has 0 fully saturated rings. The number of hydrogen-bond donors (Lipinski definition) is 2. The Bertz CT molecular complexity index is 1270. The number of nitrogens with one attached hydrogen (secondary N) is 1. The molecule has 0 spiro atoms. The molecule has 1 amide bonds. The van der Waals surface area contributed by atoms with Crippen molar-refractivity contribution in [3.63, 3.8) is 0 Å². The fourth-order valence-electron chi connectivity index (χ4n) is 3.41. The number of rotatable bonds is 6. The van der Waals surface area contributed by atoms with Gasteiger partial charge in [-0.3, -0.25) is 9.78 Å². The van der Waals surface area contributed by atoms with Gasteiger partial charge >= 0.3 is 0 Å². The van der Waals surface area contributed by atoms with Crippen LogP contribution >= 0.6 is 11.6 Å². The van der Waals surface area contributed by atoms with Gasteiger partial charge in [-0.1, -0.05) is 54.1 Å². The number of aromatic hydroxyl groups is 1. The highest BCUT2D eigenvalue weighted by atomic mass is 35.5. The molecule has 0 bridgehead atoms. The molecule has 0 aliphatic rings. The molecule has 0 saturated heterocycles. The van der Waals surface area contributed by atoms with Gasteiger partial charge in [-0.05, 0) is 48.0 Å². The quantitative estimate of drug-likeness (QED) is 0.395. The number of hydrogen-bond acceptors (Lipinski definition) is 4. The van der Waals surface area contributed by atoms with Crippen LogP contribution in [0.1, 0.15) is 27.5 Å². The Hall–Kier alpha value is -3.83. The Morgan fingerprint density at radius 1 is 1.09 bits per heavy atom. The summed E-state index contributed by atoms with van der Waals surface area (Å²) in [5.74, 6) is 0.335. The molecule has 1 heterocycles. The number of phenolic OH excluding ortho intramolecular Hbond substituents is 1. The van der Waals surface area contributed by atoms with E-state index >= 15 is 0 Å². The van der Waals surface area contributed by atoms with Gasteiger partial charge in [0.05, 0.1) is 18.2 Å². The fraction of sp³-hybridized carbons (Fsp3) is 0.0769. The van der Waals surface area contributed by atoms with Crippen LogP contribution in [0.15, 0.2) is 85.1 Å². The predicted octanol–water partition coefficient (Wildman–Crippen LogP) is 5.79. The minimum absolute atomic E-state index is 0.0252. The minimum Gasteiger partial charge on any atom is -0.505 e. The lowest BCUT2D eigenvalue weighted by Crippen LogP contribution is -2.27. The van der Waals surface area contributed by atoms with Crippen LogP contribution in [-0.2, 0) is 0 Å². The Labute approximate surface area is 191 Å². The second kappa shape index (κ2) is 9.54. The summed E-state index contributed by atoms with van der Waals surface area (Å²) in [6.07, 6.45) is 5.29. The molecular weight excluding hydrogens is 424 g/mol. The van der Waals surface area contributed by atoms with Gasteiger partial charge in [0, 0.05) is 22.7 Å². The number of amides is 1. The normalized spacial score (nSPS) is 12.1. The lowest BCUT2D eigenvalue weighted by Gasteiger charge is -2.19. The van der Waals surface area contributed by atoms with Crippen LogP contribution in [0.3, 0.4) is 0 Å². The van der Waals surface area contributed by atoms with Crippen molar-refractivity contribution in [1.82, 2.24) is 10.3 Å². The molecule has 0 aliphatic heterocycles. The van der Waals surface area contributed by atoms with E-state index in [0.29, 0.717) is 32.8 Å². The van der Waals surface area contributed by atoms with Crippen LogP contribution in [0.2, 0.25) is 5.02 Å². The number of fused-ring (bicyclic) bond motifs is 1. The molecule has 0 saturated carbocycles. The molecule has 3 aromatic carbocycles. The van der Waals surface area contributed by atoms with Crippen molar-refractivity contribution in [2.45, 2.75) is 6.04 Å². The third-order valence-electron chi connectivity index (χ3n) is 5.10. The number of halogens is 1. The van der Waals surface area contributed by atoms with Crippen LogP contribution in [0.4, 0.5) is 0 Å². The molecule has 6 heteroatoms. The monoisotopic (exact) mass is 444 g/mol. The number of ether oxygens (including phenoxy) is 1. The van der Waals surface area contributed by atoms with E-state index in [2.05, 4.69) is 10.3 Å². The third-order valence-corrected chi connectivity index (χ3v) is 5.41. The lowest BCUT2D eigenvalue weighted by molar-refractivity contribution is 0.0944. The Kier molecular flexibility index (Phi) is 6.38. The molecule has 0 unspecified atom stereocenters. The van der Waals surface area contributed by atoms with Gasteiger partial charge in [-0.25, -0.2) is 0 Å². The smallest absolute Gasteiger partial charge is 0.252 e. The summed E-state index contributed by atoms with van der Waals surface area (Å²) >= 11 is 6.48. The zero-order valence-electron chi connectivity index (χ0n) is 17.3. The number of carbonyl (C=O) groups is 1. The van der Waals surface area contributed by atoms with Crippen LogP contribution in [0, 0.1) is 0 Å². The maximum atomic E-state index is 13.0. The highest BCUT2D eigenvalue weighted by Crippen LogP contribution is 2.37. The number of aromatic nitrogens is 1. The third kappa shape index (κ3) is 4.58.